The van der Waals surface area contributed by atoms with Crippen LogP contribution < -0.4 is 5.32 Å². The van der Waals surface area contributed by atoms with Crippen molar-refractivity contribution >= 4 is 11.9 Å². The Labute approximate surface area is 158 Å². The molecule has 0 spiro atoms. The Morgan fingerprint density at radius 3 is 2.52 bits per heavy atom. The van der Waals surface area contributed by atoms with Crippen LogP contribution in [-0.2, 0) is 24.4 Å². The summed E-state index contributed by atoms with van der Waals surface area (Å²) in [6.45, 7) is 2.16. The summed E-state index contributed by atoms with van der Waals surface area (Å²) in [7, 11) is 1.70. The number of nitrogens with one attached hydrogen (secondary N) is 1. The predicted octanol–water partition coefficient (Wildman–Crippen LogP) is 3.29. The number of hydrogen-bond donors (Lipinski definition) is 1. The molecule has 0 aromatic heterocycles. The van der Waals surface area contributed by atoms with Gasteiger partial charge in [-0.2, -0.15) is 0 Å². The van der Waals surface area contributed by atoms with Crippen molar-refractivity contribution in [2.75, 3.05) is 13.6 Å². The van der Waals surface area contributed by atoms with Crippen molar-refractivity contribution in [1.29, 1.82) is 0 Å². The quantitative estimate of drug-likeness (QED) is 0.850. The molecule has 0 saturated carbocycles. The van der Waals surface area contributed by atoms with Gasteiger partial charge in [0.25, 0.3) is 0 Å². The first-order valence-electron chi connectivity index (χ1n) is 9.11. The minimum atomic E-state index is -0.293. The SMILES string of the molecule is CN(Cc1ccc(F)cc1)C(=O)NCc1ccccc1CN1CCCC1=O. The van der Waals surface area contributed by atoms with Crippen LogP contribution in [0.5, 0.6) is 0 Å². The van der Waals surface area contributed by atoms with Crippen LogP contribution in [0.4, 0.5) is 9.18 Å². The van der Waals surface area contributed by atoms with E-state index >= 15 is 0 Å². The molecule has 1 aliphatic rings. The highest BCUT2D eigenvalue weighted by molar-refractivity contribution is 5.78. The Kier molecular flexibility index (Phi) is 6.06. The molecule has 0 atom stereocenters. The van der Waals surface area contributed by atoms with Crippen LogP contribution in [0.2, 0.25) is 0 Å². The van der Waals surface area contributed by atoms with Gasteiger partial charge < -0.3 is 15.1 Å². The molecule has 3 amide bonds. The summed E-state index contributed by atoms with van der Waals surface area (Å²) in [4.78, 5) is 27.7. The molecule has 1 N–H and O–H groups in total. The van der Waals surface area contributed by atoms with Gasteiger partial charge in [0.1, 0.15) is 5.82 Å². The number of rotatable bonds is 6. The van der Waals surface area contributed by atoms with Crippen LogP contribution in [0.1, 0.15) is 29.5 Å². The second-order valence-corrected chi connectivity index (χ2v) is 6.83. The Morgan fingerprint density at radius 1 is 1.15 bits per heavy atom. The third-order valence-corrected chi connectivity index (χ3v) is 4.76. The molecule has 0 unspecified atom stereocenters. The van der Waals surface area contributed by atoms with Gasteiger partial charge in [-0.25, -0.2) is 9.18 Å². The molecule has 1 saturated heterocycles. The molecule has 0 radical (unpaired) electrons. The van der Waals surface area contributed by atoms with Crippen molar-refractivity contribution in [3.63, 3.8) is 0 Å². The maximum absolute atomic E-state index is 13.0. The van der Waals surface area contributed by atoms with E-state index in [9.17, 15) is 14.0 Å². The van der Waals surface area contributed by atoms with Crippen molar-refractivity contribution in [3.8, 4) is 0 Å². The van der Waals surface area contributed by atoms with Crippen molar-refractivity contribution in [1.82, 2.24) is 15.1 Å². The number of likely N-dealkylation sites (tertiary alicyclic amines) is 1. The Balaban J connectivity index is 1.56. The van der Waals surface area contributed by atoms with Gasteiger partial charge >= 0.3 is 6.03 Å². The third kappa shape index (κ3) is 5.06. The summed E-state index contributed by atoms with van der Waals surface area (Å²) in [5, 5.41) is 2.92. The molecule has 3 rings (SSSR count). The number of nitrogens with zero attached hydrogens (tertiary/aromatic N) is 2. The fraction of sp³-hybridized carbons (Fsp3) is 0.333. The summed E-state index contributed by atoms with van der Waals surface area (Å²) in [6, 6.07) is 13.7. The second kappa shape index (κ2) is 8.66. The average Bonchev–Trinajstić information content (AvgIpc) is 3.07. The van der Waals surface area contributed by atoms with Crippen LogP contribution >= 0.6 is 0 Å². The summed E-state index contributed by atoms with van der Waals surface area (Å²) in [5.74, 6) is -0.105. The van der Waals surface area contributed by atoms with E-state index in [1.807, 2.05) is 29.2 Å². The molecular weight excluding hydrogens is 345 g/mol. The Morgan fingerprint density at radius 2 is 1.85 bits per heavy atom. The van der Waals surface area contributed by atoms with Gasteiger partial charge in [0.2, 0.25) is 5.91 Å². The minimum absolute atomic E-state index is 0.188. The van der Waals surface area contributed by atoms with E-state index in [4.69, 9.17) is 0 Å². The van der Waals surface area contributed by atoms with Crippen LogP contribution in [0.25, 0.3) is 0 Å². The highest BCUT2D eigenvalue weighted by atomic mass is 19.1. The zero-order valence-electron chi connectivity index (χ0n) is 15.5. The van der Waals surface area contributed by atoms with Gasteiger partial charge in [-0.3, -0.25) is 4.79 Å². The Hall–Kier alpha value is -2.89. The van der Waals surface area contributed by atoms with E-state index in [2.05, 4.69) is 5.32 Å². The molecule has 1 aliphatic heterocycles. The van der Waals surface area contributed by atoms with Gasteiger partial charge in [-0.1, -0.05) is 36.4 Å². The molecule has 0 bridgehead atoms. The van der Waals surface area contributed by atoms with Gasteiger partial charge in [0.05, 0.1) is 0 Å². The molecule has 142 valence electrons. The number of halogens is 1. The molecule has 2 aromatic rings. The van der Waals surface area contributed by atoms with Crippen molar-refractivity contribution in [2.24, 2.45) is 0 Å². The lowest BCUT2D eigenvalue weighted by atomic mass is 10.1. The lowest BCUT2D eigenvalue weighted by Gasteiger charge is -2.20. The van der Waals surface area contributed by atoms with Crippen LogP contribution in [-0.4, -0.2) is 35.3 Å². The minimum Gasteiger partial charge on any atom is -0.338 e. The van der Waals surface area contributed by atoms with E-state index in [-0.39, 0.29) is 17.8 Å². The van der Waals surface area contributed by atoms with Crippen LogP contribution in [0, 0.1) is 5.82 Å². The fourth-order valence-corrected chi connectivity index (χ4v) is 3.20. The molecule has 27 heavy (non-hydrogen) atoms. The summed E-state index contributed by atoms with van der Waals surface area (Å²) >= 11 is 0. The van der Waals surface area contributed by atoms with Crippen molar-refractivity contribution < 1.29 is 14.0 Å². The van der Waals surface area contributed by atoms with Gasteiger partial charge in [-0.15, -0.1) is 0 Å². The predicted molar refractivity (Wildman–Crippen MR) is 101 cm³/mol. The third-order valence-electron chi connectivity index (χ3n) is 4.76. The largest absolute Gasteiger partial charge is 0.338 e. The zero-order chi connectivity index (χ0) is 19.2. The number of carbonyl (C=O) groups excluding carboxylic acids is 2. The van der Waals surface area contributed by atoms with Crippen LogP contribution in [0.3, 0.4) is 0 Å². The molecular formula is C21H24FN3O2. The van der Waals surface area contributed by atoms with Crippen LogP contribution in [0.15, 0.2) is 48.5 Å². The average molecular weight is 369 g/mol. The number of amides is 3. The molecule has 2 aromatic carbocycles. The molecule has 1 fully saturated rings. The number of urea groups is 1. The van der Waals surface area contributed by atoms with Gasteiger partial charge in [-0.05, 0) is 35.2 Å². The smallest absolute Gasteiger partial charge is 0.317 e. The Bertz CT molecular complexity index is 807. The maximum atomic E-state index is 13.0. The molecule has 5 nitrogen and oxygen atoms in total. The second-order valence-electron chi connectivity index (χ2n) is 6.83. The monoisotopic (exact) mass is 369 g/mol. The molecule has 1 heterocycles. The van der Waals surface area contributed by atoms with E-state index < -0.39 is 0 Å². The van der Waals surface area contributed by atoms with E-state index in [1.54, 1.807) is 24.1 Å². The highest BCUT2D eigenvalue weighted by Crippen LogP contribution is 2.17. The number of carbonyl (C=O) groups is 2. The first-order valence-corrected chi connectivity index (χ1v) is 9.11. The number of hydrogen-bond acceptors (Lipinski definition) is 2. The maximum Gasteiger partial charge on any atom is 0.317 e. The van der Waals surface area contributed by atoms with Gasteiger partial charge in [0.15, 0.2) is 0 Å². The van der Waals surface area contributed by atoms with E-state index in [1.165, 1.54) is 12.1 Å². The summed E-state index contributed by atoms with van der Waals surface area (Å²) < 4.78 is 13.0. The zero-order valence-corrected chi connectivity index (χ0v) is 15.5. The number of benzene rings is 2. The first kappa shape index (κ1) is 18.9. The summed E-state index contributed by atoms with van der Waals surface area (Å²) in [6.07, 6.45) is 1.53. The first-order chi connectivity index (χ1) is 13.0. The standard InChI is InChI=1S/C21H24FN3O2/c1-24(14-16-8-10-19(22)11-9-16)21(27)23-13-17-5-2-3-6-18(17)15-25-12-4-7-20(25)26/h2-3,5-6,8-11H,4,7,12-15H2,1H3,(H,23,27). The molecule has 6 heteroatoms. The molecule has 0 aliphatic carbocycles. The van der Waals surface area contributed by atoms with Crippen molar-refractivity contribution in [3.05, 3.63) is 71.0 Å². The fourth-order valence-electron chi connectivity index (χ4n) is 3.20. The van der Waals surface area contributed by atoms with Gasteiger partial charge in [0, 0.05) is 39.6 Å². The topological polar surface area (TPSA) is 52.7 Å². The highest BCUT2D eigenvalue weighted by Gasteiger charge is 2.21. The normalized spacial score (nSPS) is 13.7. The van der Waals surface area contributed by atoms with Crippen molar-refractivity contribution in [2.45, 2.75) is 32.5 Å². The van der Waals surface area contributed by atoms with E-state index in [0.717, 1.165) is 29.7 Å². The lowest BCUT2D eigenvalue weighted by molar-refractivity contribution is -0.128. The lowest BCUT2D eigenvalue weighted by Crippen LogP contribution is -2.36. The summed E-state index contributed by atoms with van der Waals surface area (Å²) in [5.41, 5.74) is 2.91. The van der Waals surface area contributed by atoms with E-state index in [0.29, 0.717) is 26.1 Å².